The number of hydrogen-bond acceptors (Lipinski definition) is 3. The van der Waals surface area contributed by atoms with E-state index in [0.717, 1.165) is 16.8 Å². The molecule has 0 aromatic carbocycles. The molecule has 2 aromatic rings. The van der Waals surface area contributed by atoms with Crippen molar-refractivity contribution in [2.24, 2.45) is 0 Å². The van der Waals surface area contributed by atoms with Crippen molar-refractivity contribution in [3.05, 3.63) is 44.5 Å². The number of H-pyrrole nitrogens is 1. The molecule has 0 saturated heterocycles. The average Bonchev–Trinajstić information content (AvgIpc) is 2.28. The molecule has 0 radical (unpaired) electrons. The molecule has 2 heterocycles. The fourth-order valence-electron chi connectivity index (χ4n) is 1.61. The molecule has 0 saturated carbocycles. The number of rotatable bonds is 1. The topological polar surface area (TPSA) is 58.6 Å². The Balaban J connectivity index is 2.76. The van der Waals surface area contributed by atoms with E-state index in [1.807, 2.05) is 13.8 Å². The smallest absolute Gasteiger partial charge is 0.262 e. The van der Waals surface area contributed by atoms with Gasteiger partial charge in [0, 0.05) is 23.7 Å². The summed E-state index contributed by atoms with van der Waals surface area (Å²) in [7, 11) is 0. The lowest BCUT2D eigenvalue weighted by Gasteiger charge is -2.08. The summed E-state index contributed by atoms with van der Waals surface area (Å²) < 4.78 is 0.528. The van der Waals surface area contributed by atoms with E-state index >= 15 is 0 Å². The van der Waals surface area contributed by atoms with Crippen molar-refractivity contribution in [3.8, 4) is 11.4 Å². The maximum absolute atomic E-state index is 11.5. The Morgan fingerprint density at radius 3 is 2.50 bits per heavy atom. The Morgan fingerprint density at radius 1 is 1.25 bits per heavy atom. The third kappa shape index (κ3) is 1.78. The minimum atomic E-state index is -0.130. The van der Waals surface area contributed by atoms with Crippen LogP contribution in [-0.4, -0.2) is 15.0 Å². The fraction of sp³-hybridized carbons (Fsp3) is 0.182. The van der Waals surface area contributed by atoms with Gasteiger partial charge in [0.2, 0.25) is 0 Å². The molecule has 1 N–H and O–H groups in total. The summed E-state index contributed by atoms with van der Waals surface area (Å²) in [4.78, 5) is 22.6. The number of halogens is 1. The summed E-state index contributed by atoms with van der Waals surface area (Å²) in [6.07, 6.45) is 3.36. The molecular weight excluding hydrogens is 270 g/mol. The van der Waals surface area contributed by atoms with E-state index in [1.165, 1.54) is 0 Å². The van der Waals surface area contributed by atoms with Crippen molar-refractivity contribution in [1.82, 2.24) is 15.0 Å². The van der Waals surface area contributed by atoms with Gasteiger partial charge in [-0.1, -0.05) is 0 Å². The third-order valence-electron chi connectivity index (χ3n) is 2.37. The predicted octanol–water partition coefficient (Wildman–Crippen LogP) is 2.21. The number of pyridine rings is 1. The molecule has 0 atom stereocenters. The maximum atomic E-state index is 11.5. The van der Waals surface area contributed by atoms with Crippen molar-refractivity contribution >= 4 is 15.9 Å². The van der Waals surface area contributed by atoms with E-state index in [-0.39, 0.29) is 5.56 Å². The largest absolute Gasteiger partial charge is 0.325 e. The van der Waals surface area contributed by atoms with Gasteiger partial charge >= 0.3 is 0 Å². The number of aromatic amines is 1. The Kier molecular flexibility index (Phi) is 2.87. The number of nitrogens with one attached hydrogen (secondary N) is 1. The molecule has 0 fully saturated rings. The quantitative estimate of drug-likeness (QED) is 0.871. The van der Waals surface area contributed by atoms with E-state index in [9.17, 15) is 4.79 Å². The van der Waals surface area contributed by atoms with Crippen LogP contribution < -0.4 is 5.56 Å². The second-order valence-electron chi connectivity index (χ2n) is 3.47. The van der Waals surface area contributed by atoms with Gasteiger partial charge in [-0.2, -0.15) is 0 Å². The van der Waals surface area contributed by atoms with Crippen LogP contribution in [0.2, 0.25) is 0 Å². The van der Waals surface area contributed by atoms with Crippen LogP contribution in [0.25, 0.3) is 11.4 Å². The van der Waals surface area contributed by atoms with Crippen LogP contribution in [-0.2, 0) is 0 Å². The highest BCUT2D eigenvalue weighted by Crippen LogP contribution is 2.25. The highest BCUT2D eigenvalue weighted by Gasteiger charge is 2.13. The first-order valence-electron chi connectivity index (χ1n) is 4.77. The summed E-state index contributed by atoms with van der Waals surface area (Å²) in [5.74, 6) is 0.620. The molecule has 82 valence electrons. The fourth-order valence-corrected chi connectivity index (χ4v) is 1.91. The number of aryl methyl sites for hydroxylation is 1. The Morgan fingerprint density at radius 2 is 1.88 bits per heavy atom. The van der Waals surface area contributed by atoms with Gasteiger partial charge in [-0.3, -0.25) is 4.79 Å². The van der Waals surface area contributed by atoms with Crippen LogP contribution in [0.3, 0.4) is 0 Å². The molecule has 0 aliphatic rings. The van der Waals surface area contributed by atoms with Crippen molar-refractivity contribution < 1.29 is 0 Å². The van der Waals surface area contributed by atoms with E-state index < -0.39 is 0 Å². The minimum Gasteiger partial charge on any atom is -0.325 e. The standard InChI is InChI=1S/C11H10BrN3O/c1-6-8(10-13-4-3-5-14-10)7(2)15-11(16)9(6)12/h3-5H,1-2H3,(H,15,16). The molecule has 2 aromatic heterocycles. The summed E-state index contributed by atoms with van der Waals surface area (Å²) in [6, 6.07) is 1.76. The van der Waals surface area contributed by atoms with Gasteiger partial charge in [0.25, 0.3) is 5.56 Å². The summed E-state index contributed by atoms with van der Waals surface area (Å²) >= 11 is 3.26. The number of nitrogens with zero attached hydrogens (tertiary/aromatic N) is 2. The Labute approximate surface area is 101 Å². The SMILES string of the molecule is Cc1[nH]c(=O)c(Br)c(C)c1-c1ncccn1. The molecule has 0 amide bonds. The summed E-state index contributed by atoms with van der Waals surface area (Å²) in [5.41, 5.74) is 2.37. The molecule has 5 heteroatoms. The zero-order chi connectivity index (χ0) is 11.7. The van der Waals surface area contributed by atoms with E-state index in [2.05, 4.69) is 30.9 Å². The van der Waals surface area contributed by atoms with Crippen molar-refractivity contribution in [2.75, 3.05) is 0 Å². The first-order chi connectivity index (χ1) is 7.61. The average molecular weight is 280 g/mol. The van der Waals surface area contributed by atoms with Crippen molar-refractivity contribution in [2.45, 2.75) is 13.8 Å². The van der Waals surface area contributed by atoms with Gasteiger partial charge < -0.3 is 4.98 Å². The third-order valence-corrected chi connectivity index (χ3v) is 3.32. The van der Waals surface area contributed by atoms with Crippen LogP contribution in [0.15, 0.2) is 27.7 Å². The van der Waals surface area contributed by atoms with Crippen LogP contribution >= 0.6 is 15.9 Å². The lowest BCUT2D eigenvalue weighted by atomic mass is 10.1. The van der Waals surface area contributed by atoms with Gasteiger partial charge in [-0.15, -0.1) is 0 Å². The van der Waals surface area contributed by atoms with E-state index in [1.54, 1.807) is 18.5 Å². The van der Waals surface area contributed by atoms with Crippen LogP contribution in [0.1, 0.15) is 11.3 Å². The molecule has 0 spiro atoms. The normalized spacial score (nSPS) is 10.4. The highest BCUT2D eigenvalue weighted by atomic mass is 79.9. The first-order valence-corrected chi connectivity index (χ1v) is 5.57. The zero-order valence-corrected chi connectivity index (χ0v) is 10.5. The first kappa shape index (κ1) is 11.0. The second kappa shape index (κ2) is 4.17. The zero-order valence-electron chi connectivity index (χ0n) is 8.91. The second-order valence-corrected chi connectivity index (χ2v) is 4.26. The van der Waals surface area contributed by atoms with Gasteiger partial charge in [-0.05, 0) is 41.4 Å². The van der Waals surface area contributed by atoms with Gasteiger partial charge in [0.1, 0.15) is 0 Å². The van der Waals surface area contributed by atoms with Gasteiger partial charge in [0.15, 0.2) is 5.82 Å². The monoisotopic (exact) mass is 279 g/mol. The molecule has 0 aliphatic heterocycles. The van der Waals surface area contributed by atoms with Gasteiger partial charge in [0.05, 0.1) is 4.47 Å². The van der Waals surface area contributed by atoms with Crippen LogP contribution in [0.5, 0.6) is 0 Å². The van der Waals surface area contributed by atoms with Gasteiger partial charge in [-0.25, -0.2) is 9.97 Å². The molecular formula is C11H10BrN3O. The highest BCUT2D eigenvalue weighted by molar-refractivity contribution is 9.10. The van der Waals surface area contributed by atoms with Crippen LogP contribution in [0, 0.1) is 13.8 Å². The maximum Gasteiger partial charge on any atom is 0.262 e. The molecule has 4 nitrogen and oxygen atoms in total. The number of aromatic nitrogens is 3. The summed E-state index contributed by atoms with van der Waals surface area (Å²) in [6.45, 7) is 3.71. The van der Waals surface area contributed by atoms with E-state index in [4.69, 9.17) is 0 Å². The molecule has 0 unspecified atom stereocenters. The molecule has 0 bridgehead atoms. The lowest BCUT2D eigenvalue weighted by Crippen LogP contribution is -2.12. The molecule has 0 aliphatic carbocycles. The Hall–Kier alpha value is -1.49. The minimum absolute atomic E-state index is 0.130. The molecule has 2 rings (SSSR count). The predicted molar refractivity (Wildman–Crippen MR) is 65.3 cm³/mol. The lowest BCUT2D eigenvalue weighted by molar-refractivity contribution is 1.07. The summed E-state index contributed by atoms with van der Waals surface area (Å²) in [5, 5.41) is 0. The van der Waals surface area contributed by atoms with E-state index in [0.29, 0.717) is 10.3 Å². The Bertz CT molecular complexity index is 578. The van der Waals surface area contributed by atoms with Crippen LogP contribution in [0.4, 0.5) is 0 Å². The number of hydrogen-bond donors (Lipinski definition) is 1. The van der Waals surface area contributed by atoms with Crippen molar-refractivity contribution in [3.63, 3.8) is 0 Å². The van der Waals surface area contributed by atoms with Crippen molar-refractivity contribution in [1.29, 1.82) is 0 Å². The molecule has 16 heavy (non-hydrogen) atoms.